The van der Waals surface area contributed by atoms with Crippen LogP contribution in [0.5, 0.6) is 5.75 Å². The van der Waals surface area contributed by atoms with Crippen molar-refractivity contribution in [1.82, 2.24) is 5.01 Å². The minimum atomic E-state index is -1.57. The number of benzene rings is 4. The van der Waals surface area contributed by atoms with Gasteiger partial charge in [-0.3, -0.25) is 24.6 Å². The second-order valence-corrected chi connectivity index (χ2v) is 14.8. The Morgan fingerprint density at radius 3 is 2.36 bits per heavy atom. The number of imide groups is 2. The molecule has 6 atom stereocenters. The third-order valence-corrected chi connectivity index (χ3v) is 11.9. The van der Waals surface area contributed by atoms with E-state index in [0.717, 1.165) is 16.1 Å². The Morgan fingerprint density at radius 1 is 0.906 bits per heavy atom. The van der Waals surface area contributed by atoms with Crippen LogP contribution in [0.2, 0.25) is 10.0 Å². The first kappa shape index (κ1) is 35.0. The van der Waals surface area contributed by atoms with Gasteiger partial charge in [0.15, 0.2) is 0 Å². The number of hydrogen-bond acceptors (Lipinski definition) is 7. The lowest BCUT2D eigenvalue weighted by molar-refractivity contribution is -0.138. The molecule has 2 aliphatic carbocycles. The van der Waals surface area contributed by atoms with Crippen molar-refractivity contribution in [1.29, 1.82) is 0 Å². The molecule has 9 nitrogen and oxygen atoms in total. The standard InChI is InChI=1S/C41H34Cl2FN3O6/c1-22-6-15-27(20-33(22)43)46-37(49)30-17-16-28-31(35(30)39(46)51)21-32-38(50)47(45-26-13-11-25(44)12-14-26)40(52)41(32,23-7-9-24(42)10-8-23)36(28)29-4-2-3-5-34(29)53-19-18-48/h2-16,20,30-32,35-36,45,48H,17-19,21H2,1H3. The molecule has 6 unspecified atom stereocenters. The molecule has 53 heavy (non-hydrogen) atoms. The number of nitrogens with one attached hydrogen (secondary N) is 1. The fourth-order valence-electron chi connectivity index (χ4n) is 8.98. The van der Waals surface area contributed by atoms with E-state index in [9.17, 15) is 23.9 Å². The van der Waals surface area contributed by atoms with Crippen molar-refractivity contribution >= 4 is 58.2 Å². The second kappa shape index (κ2) is 13.4. The van der Waals surface area contributed by atoms with Crippen molar-refractivity contribution < 1.29 is 33.4 Å². The van der Waals surface area contributed by atoms with Crippen molar-refractivity contribution in [2.45, 2.75) is 31.1 Å². The third-order valence-electron chi connectivity index (χ3n) is 11.2. The van der Waals surface area contributed by atoms with E-state index in [-0.39, 0.29) is 32.0 Å². The molecule has 0 bridgehead atoms. The Balaban J connectivity index is 1.33. The summed E-state index contributed by atoms with van der Waals surface area (Å²) in [6, 6.07) is 24.4. The number of hydrazine groups is 1. The molecule has 4 aliphatic rings. The Labute approximate surface area is 314 Å². The molecule has 0 radical (unpaired) electrons. The van der Waals surface area contributed by atoms with Crippen molar-refractivity contribution in [2.75, 3.05) is 23.5 Å². The van der Waals surface area contributed by atoms with Gasteiger partial charge in [0.1, 0.15) is 18.2 Å². The average Bonchev–Trinajstić information content (AvgIpc) is 3.54. The maximum absolute atomic E-state index is 15.3. The van der Waals surface area contributed by atoms with Crippen molar-refractivity contribution in [3.63, 3.8) is 0 Å². The van der Waals surface area contributed by atoms with Gasteiger partial charge in [-0.05, 0) is 91.4 Å². The predicted molar refractivity (Wildman–Crippen MR) is 197 cm³/mol. The summed E-state index contributed by atoms with van der Waals surface area (Å²) in [5, 5.41) is 11.6. The Bertz CT molecular complexity index is 2190. The minimum absolute atomic E-state index is 0.0273. The number of aryl methyl sites for hydroxylation is 1. The Hall–Kier alpha value is -5.03. The van der Waals surface area contributed by atoms with Gasteiger partial charge in [-0.2, -0.15) is 5.01 Å². The Kier molecular flexibility index (Phi) is 8.87. The van der Waals surface area contributed by atoms with Gasteiger partial charge < -0.3 is 9.84 Å². The first-order valence-electron chi connectivity index (χ1n) is 17.4. The van der Waals surface area contributed by atoms with Crippen LogP contribution in [0, 0.1) is 36.4 Å². The number of carbonyl (C=O) groups excluding carboxylic acids is 4. The Morgan fingerprint density at radius 2 is 1.64 bits per heavy atom. The predicted octanol–water partition coefficient (Wildman–Crippen LogP) is 7.00. The number of carbonyl (C=O) groups is 4. The zero-order valence-corrected chi connectivity index (χ0v) is 30.0. The van der Waals surface area contributed by atoms with Gasteiger partial charge in [0.2, 0.25) is 11.8 Å². The van der Waals surface area contributed by atoms with Gasteiger partial charge >= 0.3 is 0 Å². The molecule has 3 fully saturated rings. The molecule has 4 aromatic carbocycles. The maximum atomic E-state index is 15.3. The zero-order chi connectivity index (χ0) is 37.2. The van der Waals surface area contributed by atoms with Crippen LogP contribution in [0.25, 0.3) is 0 Å². The summed E-state index contributed by atoms with van der Waals surface area (Å²) in [7, 11) is 0. The molecule has 2 saturated heterocycles. The van der Waals surface area contributed by atoms with E-state index < -0.39 is 58.5 Å². The number of halogens is 3. The van der Waals surface area contributed by atoms with Crippen LogP contribution >= 0.6 is 23.2 Å². The lowest BCUT2D eigenvalue weighted by Gasteiger charge is -2.50. The van der Waals surface area contributed by atoms with Gasteiger partial charge in [0, 0.05) is 21.5 Å². The summed E-state index contributed by atoms with van der Waals surface area (Å²) in [5.74, 6) is -5.90. The quantitative estimate of drug-likeness (QED) is 0.147. The highest BCUT2D eigenvalue weighted by atomic mass is 35.5. The van der Waals surface area contributed by atoms with Crippen LogP contribution in [0.1, 0.15) is 35.4 Å². The first-order chi connectivity index (χ1) is 25.6. The average molecular weight is 755 g/mol. The molecule has 0 aromatic heterocycles. The number of aliphatic hydroxyl groups excluding tert-OH is 1. The van der Waals surface area contributed by atoms with Crippen LogP contribution in [-0.2, 0) is 24.6 Å². The largest absolute Gasteiger partial charge is 0.491 e. The second-order valence-electron chi connectivity index (χ2n) is 13.9. The molecule has 2 aliphatic heterocycles. The molecule has 0 spiro atoms. The number of aliphatic hydroxyl groups is 1. The van der Waals surface area contributed by atoms with Gasteiger partial charge in [-0.15, -0.1) is 0 Å². The van der Waals surface area contributed by atoms with E-state index in [1.165, 1.54) is 29.2 Å². The number of amides is 4. The first-order valence-corrected chi connectivity index (χ1v) is 18.1. The highest BCUT2D eigenvalue weighted by Gasteiger charge is 2.70. The van der Waals surface area contributed by atoms with E-state index in [1.54, 1.807) is 54.6 Å². The molecule has 4 amide bonds. The van der Waals surface area contributed by atoms with Gasteiger partial charge in [-0.25, -0.2) is 9.29 Å². The summed E-state index contributed by atoms with van der Waals surface area (Å²) < 4.78 is 20.0. The molecule has 12 heteroatoms. The smallest absolute Gasteiger partial charge is 0.260 e. The molecule has 270 valence electrons. The summed E-state index contributed by atoms with van der Waals surface area (Å²) >= 11 is 12.8. The monoisotopic (exact) mass is 753 g/mol. The fraction of sp³-hybridized carbons (Fsp3) is 0.268. The molecule has 4 aromatic rings. The number of fused-ring (bicyclic) bond motifs is 4. The van der Waals surface area contributed by atoms with Gasteiger partial charge in [0.05, 0.1) is 41.2 Å². The number of rotatable bonds is 8. The van der Waals surface area contributed by atoms with E-state index in [2.05, 4.69) is 5.43 Å². The van der Waals surface area contributed by atoms with Crippen molar-refractivity contribution in [3.05, 3.63) is 135 Å². The molecule has 8 rings (SSSR count). The van der Waals surface area contributed by atoms with Crippen molar-refractivity contribution in [3.8, 4) is 5.75 Å². The fourth-order valence-corrected chi connectivity index (χ4v) is 9.28. The van der Waals surface area contributed by atoms with Crippen LogP contribution in [-0.4, -0.2) is 47.0 Å². The van der Waals surface area contributed by atoms with Crippen LogP contribution in [0.4, 0.5) is 15.8 Å². The van der Waals surface area contributed by atoms with E-state index in [4.69, 9.17) is 27.9 Å². The molecular weight excluding hydrogens is 720 g/mol. The van der Waals surface area contributed by atoms with Crippen LogP contribution in [0.15, 0.2) is 103 Å². The highest BCUT2D eigenvalue weighted by Crippen LogP contribution is 2.65. The minimum Gasteiger partial charge on any atom is -0.491 e. The van der Waals surface area contributed by atoms with E-state index >= 15 is 4.79 Å². The highest BCUT2D eigenvalue weighted by molar-refractivity contribution is 6.32. The van der Waals surface area contributed by atoms with Crippen molar-refractivity contribution in [2.24, 2.45) is 23.7 Å². The SMILES string of the molecule is Cc1ccc(N2C(=O)C3CC=C4C(CC5C(=O)N(Nc6ccc(F)cc6)C(=O)C5(c5ccc(Cl)cc5)C4c4ccccc4OCCO)C3C2=O)cc1Cl. The third kappa shape index (κ3) is 5.45. The molecule has 2 heterocycles. The van der Waals surface area contributed by atoms with Crippen LogP contribution < -0.4 is 15.1 Å². The normalized spacial score (nSPS) is 26.3. The summed E-state index contributed by atoms with van der Waals surface area (Å²) in [4.78, 5) is 60.1. The number of anilines is 2. The number of ether oxygens (including phenoxy) is 1. The lowest BCUT2D eigenvalue weighted by atomic mass is 9.49. The summed E-state index contributed by atoms with van der Waals surface area (Å²) in [5.41, 5.74) is 4.73. The number of hydrogen-bond donors (Lipinski definition) is 2. The number of para-hydroxylation sites is 1. The lowest BCUT2D eigenvalue weighted by Crippen LogP contribution is -2.53. The van der Waals surface area contributed by atoms with E-state index in [0.29, 0.717) is 38.3 Å². The molecular formula is C41H34Cl2FN3O6. The van der Waals surface area contributed by atoms with Gasteiger partial charge in [0.25, 0.3) is 11.8 Å². The molecule has 1 saturated carbocycles. The number of allylic oxidation sites excluding steroid dienone is 2. The molecule has 2 N–H and O–H groups in total. The topological polar surface area (TPSA) is 116 Å². The van der Waals surface area contributed by atoms with Crippen LogP contribution in [0.3, 0.4) is 0 Å². The summed E-state index contributed by atoms with van der Waals surface area (Å²) in [6.07, 6.45) is 2.27. The maximum Gasteiger partial charge on any atom is 0.260 e. The van der Waals surface area contributed by atoms with E-state index in [1.807, 2.05) is 25.1 Å². The summed E-state index contributed by atoms with van der Waals surface area (Å²) in [6.45, 7) is 1.54. The number of nitrogens with zero attached hydrogens (tertiary/aromatic N) is 2. The zero-order valence-electron chi connectivity index (χ0n) is 28.5. The van der Waals surface area contributed by atoms with Gasteiger partial charge in [-0.1, -0.05) is 71.2 Å².